The molecule has 2 aromatic heterocycles. The van der Waals surface area contributed by atoms with Crippen molar-refractivity contribution in [1.29, 1.82) is 0 Å². The number of thiophene rings is 2. The molecule has 2 aromatic rings. The molecule has 0 fully saturated rings. The van der Waals surface area contributed by atoms with Crippen LogP contribution in [0.2, 0.25) is 0 Å². The molecule has 0 atom stereocenters. The molecule has 0 aliphatic heterocycles. The van der Waals surface area contributed by atoms with Crippen molar-refractivity contribution in [2.45, 2.75) is 0 Å². The summed E-state index contributed by atoms with van der Waals surface area (Å²) in [5.41, 5.74) is 0.408. The van der Waals surface area contributed by atoms with Crippen molar-refractivity contribution >= 4 is 57.7 Å². The fraction of sp³-hybridized carbons (Fsp3) is 0.250. The van der Waals surface area contributed by atoms with Gasteiger partial charge in [-0.05, 0) is 36.4 Å². The van der Waals surface area contributed by atoms with Crippen LogP contribution in [-0.2, 0) is 18.9 Å². The lowest BCUT2D eigenvalue weighted by molar-refractivity contribution is 0.00256. The van der Waals surface area contributed by atoms with E-state index in [1.165, 1.54) is 36.4 Å². The number of hydrogen-bond acceptors (Lipinski definition) is 12. The number of carbonyl (C=O) groups is 6. The lowest BCUT2D eigenvalue weighted by Crippen LogP contribution is -2.14. The van der Waals surface area contributed by atoms with E-state index in [1.807, 2.05) is 0 Å². The first kappa shape index (κ1) is 25.5. The molecule has 2 aliphatic rings. The largest absolute Gasteiger partial charge is 0.459 e. The maximum absolute atomic E-state index is 12.1. The number of allylic oxidation sites excluding steroid dienone is 4. The first-order chi connectivity index (χ1) is 17.3. The molecule has 0 spiro atoms. The van der Waals surface area contributed by atoms with E-state index >= 15 is 0 Å². The smallest absolute Gasteiger partial charge is 0.348 e. The third-order valence-electron chi connectivity index (χ3n) is 4.91. The Morgan fingerprint density at radius 3 is 1.31 bits per heavy atom. The highest BCUT2D eigenvalue weighted by atomic mass is 32.1. The highest BCUT2D eigenvalue weighted by Gasteiger charge is 2.26. The SMILES string of the molecule is O=C(OCCOCCOCCOC(=O)c1cc2c(s1)C(=O)C=CC2=O)c1cc2c(s1)C(=O)C=CC2=O. The number of carbonyl (C=O) groups excluding carboxylic acids is 6. The molecule has 0 bridgehead atoms. The lowest BCUT2D eigenvalue weighted by atomic mass is 10.0. The second-order valence-electron chi connectivity index (χ2n) is 7.33. The summed E-state index contributed by atoms with van der Waals surface area (Å²) in [6.07, 6.45) is 4.70. The lowest BCUT2D eigenvalue weighted by Gasteiger charge is -2.07. The minimum Gasteiger partial charge on any atom is -0.459 e. The van der Waals surface area contributed by atoms with Crippen LogP contribution in [0.15, 0.2) is 36.4 Å². The van der Waals surface area contributed by atoms with Gasteiger partial charge in [0.1, 0.15) is 23.0 Å². The van der Waals surface area contributed by atoms with Gasteiger partial charge in [0.15, 0.2) is 23.1 Å². The van der Waals surface area contributed by atoms with E-state index in [1.54, 1.807) is 0 Å². The highest BCUT2D eigenvalue weighted by molar-refractivity contribution is 7.17. The van der Waals surface area contributed by atoms with Crippen molar-refractivity contribution in [1.82, 2.24) is 0 Å². The van der Waals surface area contributed by atoms with E-state index in [4.69, 9.17) is 18.9 Å². The molecular weight excluding hydrogens is 512 g/mol. The Morgan fingerprint density at radius 1 is 0.556 bits per heavy atom. The molecule has 0 unspecified atom stereocenters. The van der Waals surface area contributed by atoms with Gasteiger partial charge in [-0.25, -0.2) is 9.59 Å². The first-order valence-electron chi connectivity index (χ1n) is 10.7. The van der Waals surface area contributed by atoms with Crippen LogP contribution < -0.4 is 0 Å². The molecular formula is C24H18O10S2. The Hall–Kier alpha value is -3.58. The molecule has 0 saturated carbocycles. The summed E-state index contributed by atoms with van der Waals surface area (Å²) < 4.78 is 20.8. The molecule has 36 heavy (non-hydrogen) atoms. The summed E-state index contributed by atoms with van der Waals surface area (Å²) in [5.74, 6) is -2.57. The molecule has 0 N–H and O–H groups in total. The second kappa shape index (κ2) is 11.4. The van der Waals surface area contributed by atoms with Gasteiger partial charge in [0, 0.05) is 11.1 Å². The van der Waals surface area contributed by atoms with Crippen LogP contribution in [0.1, 0.15) is 59.4 Å². The van der Waals surface area contributed by atoms with Crippen molar-refractivity contribution in [3.63, 3.8) is 0 Å². The molecule has 10 nitrogen and oxygen atoms in total. The Labute approximate surface area is 212 Å². The summed E-state index contributed by atoms with van der Waals surface area (Å²) in [6.45, 7) is 0.605. The zero-order chi connectivity index (χ0) is 25.7. The predicted molar refractivity (Wildman–Crippen MR) is 126 cm³/mol. The van der Waals surface area contributed by atoms with E-state index in [-0.39, 0.29) is 93.4 Å². The number of hydrogen-bond donors (Lipinski definition) is 0. The number of ether oxygens (including phenoxy) is 4. The Balaban J connectivity index is 1.06. The average molecular weight is 531 g/mol. The quantitative estimate of drug-likeness (QED) is 0.315. The molecule has 4 rings (SSSR count). The van der Waals surface area contributed by atoms with E-state index in [9.17, 15) is 28.8 Å². The maximum atomic E-state index is 12.1. The number of esters is 2. The molecule has 0 amide bonds. The fourth-order valence-corrected chi connectivity index (χ4v) is 5.15. The van der Waals surface area contributed by atoms with Gasteiger partial charge in [-0.15, -0.1) is 22.7 Å². The summed E-state index contributed by atoms with van der Waals surface area (Å²) in [4.78, 5) is 72.2. The van der Waals surface area contributed by atoms with E-state index < -0.39 is 11.9 Å². The third kappa shape index (κ3) is 5.79. The van der Waals surface area contributed by atoms with Crippen molar-refractivity contribution in [2.75, 3.05) is 39.6 Å². The zero-order valence-corrected chi connectivity index (χ0v) is 20.2. The summed E-state index contributed by atoms with van der Waals surface area (Å²) in [7, 11) is 0. The standard InChI is InChI=1S/C24H18O10S2/c25-15-1-3-17(27)21-13(15)11-19(35-21)23(29)33-9-7-31-5-6-32-8-10-34-24(30)20-12-14-16(26)2-4-18(28)22(14)36-20/h1-4,11-12H,5-10H2. The van der Waals surface area contributed by atoms with Crippen molar-refractivity contribution in [2.24, 2.45) is 0 Å². The van der Waals surface area contributed by atoms with Gasteiger partial charge >= 0.3 is 11.9 Å². The van der Waals surface area contributed by atoms with Crippen molar-refractivity contribution < 1.29 is 47.7 Å². The van der Waals surface area contributed by atoms with Gasteiger partial charge in [0.25, 0.3) is 0 Å². The molecule has 186 valence electrons. The summed E-state index contributed by atoms with van der Waals surface area (Å²) in [5, 5.41) is 0. The van der Waals surface area contributed by atoms with Crippen molar-refractivity contribution in [3.8, 4) is 0 Å². The summed E-state index contributed by atoms with van der Waals surface area (Å²) in [6, 6.07) is 2.72. The van der Waals surface area contributed by atoms with Gasteiger partial charge in [-0.1, -0.05) is 0 Å². The van der Waals surface area contributed by atoms with Gasteiger partial charge in [0.05, 0.1) is 36.2 Å². The minimum atomic E-state index is -0.645. The molecule has 2 aliphatic carbocycles. The average Bonchev–Trinajstić information content (AvgIpc) is 3.52. The van der Waals surface area contributed by atoms with Crippen molar-refractivity contribution in [3.05, 3.63) is 67.1 Å². The Kier molecular flexibility index (Phi) is 8.10. The van der Waals surface area contributed by atoms with Crippen LogP contribution in [-0.4, -0.2) is 74.7 Å². The maximum Gasteiger partial charge on any atom is 0.348 e. The normalized spacial score (nSPS) is 14.1. The first-order valence-corrected chi connectivity index (χ1v) is 12.3. The Morgan fingerprint density at radius 2 is 0.917 bits per heavy atom. The van der Waals surface area contributed by atoms with Crippen LogP contribution in [0.3, 0.4) is 0 Å². The van der Waals surface area contributed by atoms with Crippen LogP contribution in [0, 0.1) is 0 Å². The zero-order valence-electron chi connectivity index (χ0n) is 18.6. The van der Waals surface area contributed by atoms with Gasteiger partial charge in [-0.2, -0.15) is 0 Å². The summed E-state index contributed by atoms with van der Waals surface area (Å²) >= 11 is 1.83. The predicted octanol–water partition coefficient (Wildman–Crippen LogP) is 2.73. The molecule has 12 heteroatoms. The van der Waals surface area contributed by atoms with Crippen LogP contribution >= 0.6 is 22.7 Å². The van der Waals surface area contributed by atoms with Crippen LogP contribution in [0.5, 0.6) is 0 Å². The molecule has 2 heterocycles. The fourth-order valence-electron chi connectivity index (χ4n) is 3.20. The van der Waals surface area contributed by atoms with E-state index in [0.29, 0.717) is 0 Å². The van der Waals surface area contributed by atoms with Crippen LogP contribution in [0.4, 0.5) is 0 Å². The van der Waals surface area contributed by atoms with E-state index in [2.05, 4.69) is 0 Å². The molecule has 0 aromatic carbocycles. The van der Waals surface area contributed by atoms with E-state index in [0.717, 1.165) is 22.7 Å². The minimum absolute atomic E-state index is 0.0233. The van der Waals surface area contributed by atoms with Gasteiger partial charge < -0.3 is 18.9 Å². The topological polar surface area (TPSA) is 139 Å². The second-order valence-corrected chi connectivity index (χ2v) is 9.43. The monoisotopic (exact) mass is 530 g/mol. The third-order valence-corrected chi connectivity index (χ3v) is 7.17. The van der Waals surface area contributed by atoms with Gasteiger partial charge in [-0.3, -0.25) is 19.2 Å². The number of ketones is 4. The molecule has 0 radical (unpaired) electrons. The molecule has 0 saturated heterocycles. The highest BCUT2D eigenvalue weighted by Crippen LogP contribution is 2.28. The van der Waals surface area contributed by atoms with Gasteiger partial charge in [0.2, 0.25) is 0 Å². The number of rotatable bonds is 11. The Bertz CT molecular complexity index is 1140. The van der Waals surface area contributed by atoms with Crippen LogP contribution in [0.25, 0.3) is 0 Å². The number of fused-ring (bicyclic) bond motifs is 2.